The summed E-state index contributed by atoms with van der Waals surface area (Å²) in [6, 6.07) is 9.85. The Morgan fingerprint density at radius 2 is 2.14 bits per heavy atom. The Balaban J connectivity index is 1.74. The second-order valence-electron chi connectivity index (χ2n) is 5.48. The number of hydrogen-bond donors (Lipinski definition) is 2. The van der Waals surface area contributed by atoms with Gasteiger partial charge in [-0.25, -0.2) is 4.98 Å². The lowest BCUT2D eigenvalue weighted by molar-refractivity contribution is -0.121. The minimum atomic E-state index is 0.0511. The molecule has 0 aliphatic rings. The summed E-state index contributed by atoms with van der Waals surface area (Å²) in [5.41, 5.74) is 6.52. The van der Waals surface area contributed by atoms with Gasteiger partial charge in [-0.1, -0.05) is 37.3 Å². The maximum atomic E-state index is 11.7. The first-order valence-electron chi connectivity index (χ1n) is 7.66. The molecule has 0 bridgehead atoms. The van der Waals surface area contributed by atoms with Crippen LogP contribution in [0.15, 0.2) is 40.9 Å². The van der Waals surface area contributed by atoms with Crippen LogP contribution in [0.25, 0.3) is 11.3 Å². The SMILES string of the molecule is CC(CN)CNC(=O)CCCc1ncc(-c2ccccc2)o1. The summed E-state index contributed by atoms with van der Waals surface area (Å²) in [7, 11) is 0. The van der Waals surface area contributed by atoms with Crippen LogP contribution in [-0.4, -0.2) is 24.0 Å². The van der Waals surface area contributed by atoms with Crippen LogP contribution in [0, 0.1) is 5.92 Å². The van der Waals surface area contributed by atoms with Gasteiger partial charge in [0.1, 0.15) is 0 Å². The summed E-state index contributed by atoms with van der Waals surface area (Å²) in [5.74, 6) is 1.79. The number of nitrogens with one attached hydrogen (secondary N) is 1. The smallest absolute Gasteiger partial charge is 0.220 e. The van der Waals surface area contributed by atoms with Crippen molar-refractivity contribution in [2.75, 3.05) is 13.1 Å². The van der Waals surface area contributed by atoms with Gasteiger partial charge in [-0.05, 0) is 18.9 Å². The molecule has 1 aromatic heterocycles. The van der Waals surface area contributed by atoms with Gasteiger partial charge < -0.3 is 15.5 Å². The third-order valence-electron chi connectivity index (χ3n) is 3.46. The number of aromatic nitrogens is 1. The Labute approximate surface area is 130 Å². The van der Waals surface area contributed by atoms with Crippen LogP contribution < -0.4 is 11.1 Å². The van der Waals surface area contributed by atoms with Crippen LogP contribution in [-0.2, 0) is 11.2 Å². The van der Waals surface area contributed by atoms with E-state index in [1.54, 1.807) is 6.20 Å². The summed E-state index contributed by atoms with van der Waals surface area (Å²) in [5, 5.41) is 2.88. The van der Waals surface area contributed by atoms with E-state index in [0.29, 0.717) is 37.7 Å². The number of carbonyl (C=O) groups is 1. The van der Waals surface area contributed by atoms with Crippen LogP contribution in [0.5, 0.6) is 0 Å². The summed E-state index contributed by atoms with van der Waals surface area (Å²) < 4.78 is 5.71. The highest BCUT2D eigenvalue weighted by molar-refractivity contribution is 5.75. The normalized spacial score (nSPS) is 12.1. The van der Waals surface area contributed by atoms with E-state index in [2.05, 4.69) is 10.3 Å². The fraction of sp³-hybridized carbons (Fsp3) is 0.412. The molecule has 2 rings (SSSR count). The molecule has 1 atom stereocenters. The first-order valence-corrected chi connectivity index (χ1v) is 7.66. The maximum absolute atomic E-state index is 11.7. The second kappa shape index (κ2) is 8.34. The van der Waals surface area contributed by atoms with Crippen molar-refractivity contribution in [3.05, 3.63) is 42.4 Å². The average Bonchev–Trinajstić information content (AvgIpc) is 3.02. The highest BCUT2D eigenvalue weighted by atomic mass is 16.4. The van der Waals surface area contributed by atoms with Crippen LogP contribution >= 0.6 is 0 Å². The standard InChI is InChI=1S/C17H23N3O2/c1-13(10-18)11-19-16(21)8-5-9-17-20-12-15(22-17)14-6-3-2-4-7-14/h2-4,6-7,12-13H,5,8-11,18H2,1H3,(H,19,21). The highest BCUT2D eigenvalue weighted by Gasteiger charge is 2.08. The Morgan fingerprint density at radius 1 is 1.36 bits per heavy atom. The van der Waals surface area contributed by atoms with Gasteiger partial charge in [0, 0.05) is 24.9 Å². The molecule has 0 aliphatic carbocycles. The van der Waals surface area contributed by atoms with Crippen molar-refractivity contribution in [1.82, 2.24) is 10.3 Å². The molecule has 5 heteroatoms. The van der Waals surface area contributed by atoms with Gasteiger partial charge in [-0.15, -0.1) is 0 Å². The molecule has 0 spiro atoms. The van der Waals surface area contributed by atoms with Crippen LogP contribution in [0.4, 0.5) is 0 Å². The summed E-state index contributed by atoms with van der Waals surface area (Å²) >= 11 is 0. The lowest BCUT2D eigenvalue weighted by Gasteiger charge is -2.09. The number of benzene rings is 1. The Bertz CT molecular complexity index is 581. The molecule has 1 unspecified atom stereocenters. The lowest BCUT2D eigenvalue weighted by Crippen LogP contribution is -2.31. The predicted molar refractivity (Wildman–Crippen MR) is 86.1 cm³/mol. The molecule has 1 amide bonds. The molecule has 0 aliphatic heterocycles. The van der Waals surface area contributed by atoms with Gasteiger partial charge in [-0.2, -0.15) is 0 Å². The Morgan fingerprint density at radius 3 is 2.86 bits per heavy atom. The van der Waals surface area contributed by atoms with Crippen molar-refractivity contribution in [1.29, 1.82) is 0 Å². The van der Waals surface area contributed by atoms with Gasteiger partial charge in [0.05, 0.1) is 6.20 Å². The molecule has 0 saturated carbocycles. The van der Waals surface area contributed by atoms with E-state index in [4.69, 9.17) is 10.2 Å². The average molecular weight is 301 g/mol. The number of nitrogens with two attached hydrogens (primary N) is 1. The van der Waals surface area contributed by atoms with Crippen molar-refractivity contribution >= 4 is 5.91 Å². The molecule has 5 nitrogen and oxygen atoms in total. The lowest BCUT2D eigenvalue weighted by atomic mass is 10.2. The maximum Gasteiger partial charge on any atom is 0.220 e. The van der Waals surface area contributed by atoms with Crippen molar-refractivity contribution < 1.29 is 9.21 Å². The van der Waals surface area contributed by atoms with E-state index in [0.717, 1.165) is 17.7 Å². The number of hydrogen-bond acceptors (Lipinski definition) is 4. The van der Waals surface area contributed by atoms with Crippen molar-refractivity contribution in [2.24, 2.45) is 11.7 Å². The topological polar surface area (TPSA) is 81.1 Å². The van der Waals surface area contributed by atoms with E-state index in [-0.39, 0.29) is 5.91 Å². The van der Waals surface area contributed by atoms with Crippen molar-refractivity contribution in [3.63, 3.8) is 0 Å². The number of amides is 1. The van der Waals surface area contributed by atoms with Gasteiger partial charge in [-0.3, -0.25) is 4.79 Å². The first kappa shape index (κ1) is 16.2. The number of rotatable bonds is 8. The number of oxazole rings is 1. The third-order valence-corrected chi connectivity index (χ3v) is 3.46. The van der Waals surface area contributed by atoms with Crippen molar-refractivity contribution in [3.8, 4) is 11.3 Å². The minimum absolute atomic E-state index is 0.0511. The minimum Gasteiger partial charge on any atom is -0.441 e. The van der Waals surface area contributed by atoms with Crippen molar-refractivity contribution in [2.45, 2.75) is 26.2 Å². The van der Waals surface area contributed by atoms with E-state index >= 15 is 0 Å². The van der Waals surface area contributed by atoms with E-state index in [1.165, 1.54) is 0 Å². The molecule has 3 N–H and O–H groups in total. The molecule has 0 saturated heterocycles. The van der Waals surface area contributed by atoms with E-state index < -0.39 is 0 Å². The van der Waals surface area contributed by atoms with Crippen LogP contribution in [0.3, 0.4) is 0 Å². The molecule has 1 aromatic carbocycles. The first-order chi connectivity index (χ1) is 10.7. The molecule has 0 radical (unpaired) electrons. The Kier molecular flexibility index (Phi) is 6.15. The van der Waals surface area contributed by atoms with E-state index in [9.17, 15) is 4.79 Å². The molecule has 22 heavy (non-hydrogen) atoms. The molecular weight excluding hydrogens is 278 g/mol. The van der Waals surface area contributed by atoms with Crippen LogP contribution in [0.2, 0.25) is 0 Å². The zero-order valence-electron chi connectivity index (χ0n) is 12.9. The summed E-state index contributed by atoms with van der Waals surface area (Å²) in [6.07, 6.45) is 3.58. The number of nitrogens with zero attached hydrogens (tertiary/aromatic N) is 1. The number of aryl methyl sites for hydroxylation is 1. The zero-order valence-corrected chi connectivity index (χ0v) is 12.9. The molecule has 0 fully saturated rings. The Hall–Kier alpha value is -2.14. The van der Waals surface area contributed by atoms with Gasteiger partial charge in [0.25, 0.3) is 0 Å². The monoisotopic (exact) mass is 301 g/mol. The molecule has 2 aromatic rings. The molecule has 118 valence electrons. The highest BCUT2D eigenvalue weighted by Crippen LogP contribution is 2.20. The number of carbonyl (C=O) groups excluding carboxylic acids is 1. The van der Waals surface area contributed by atoms with E-state index in [1.807, 2.05) is 37.3 Å². The van der Waals surface area contributed by atoms with Gasteiger partial charge >= 0.3 is 0 Å². The molecule has 1 heterocycles. The fourth-order valence-electron chi connectivity index (χ4n) is 2.02. The fourth-order valence-corrected chi connectivity index (χ4v) is 2.02. The largest absolute Gasteiger partial charge is 0.441 e. The quantitative estimate of drug-likeness (QED) is 0.784. The summed E-state index contributed by atoms with van der Waals surface area (Å²) in [4.78, 5) is 15.9. The molecular formula is C17H23N3O2. The predicted octanol–water partition coefficient (Wildman–Crippen LogP) is 2.38. The van der Waals surface area contributed by atoms with Gasteiger partial charge in [0.15, 0.2) is 11.7 Å². The van der Waals surface area contributed by atoms with Gasteiger partial charge in [0.2, 0.25) is 5.91 Å². The second-order valence-corrected chi connectivity index (χ2v) is 5.48. The van der Waals surface area contributed by atoms with Crippen LogP contribution in [0.1, 0.15) is 25.7 Å². The summed E-state index contributed by atoms with van der Waals surface area (Å²) in [6.45, 7) is 3.23. The zero-order chi connectivity index (χ0) is 15.8. The third kappa shape index (κ3) is 5.00.